The molecule has 0 heterocycles. The predicted molar refractivity (Wildman–Crippen MR) is 54.8 cm³/mol. The summed E-state index contributed by atoms with van der Waals surface area (Å²) < 4.78 is 27.6. The van der Waals surface area contributed by atoms with E-state index in [0.717, 1.165) is 12.7 Å². The van der Waals surface area contributed by atoms with Crippen molar-refractivity contribution in [1.82, 2.24) is 0 Å². The minimum Gasteiger partial charge on any atom is -0.296 e. The van der Waals surface area contributed by atoms with Crippen LogP contribution in [0.4, 0.5) is 0 Å². The van der Waals surface area contributed by atoms with Crippen LogP contribution in [-0.2, 0) is 19.1 Å². The molecule has 0 unspecified atom stereocenters. The summed E-state index contributed by atoms with van der Waals surface area (Å²) in [6.45, 7) is 3.86. The highest BCUT2D eigenvalue weighted by Crippen LogP contribution is 2.60. The first-order chi connectivity index (χ1) is 6.69. The number of Topliss-reactive ketones (excluding diaryl/α,β-unsaturated/α-hetero) is 1. The molecular formula is C10H16O4S. The normalized spacial score (nSPS) is 38.6. The van der Waals surface area contributed by atoms with Gasteiger partial charge in [-0.1, -0.05) is 13.8 Å². The second kappa shape index (κ2) is 2.83. The van der Waals surface area contributed by atoms with Gasteiger partial charge in [0, 0.05) is 11.8 Å². The van der Waals surface area contributed by atoms with Gasteiger partial charge in [-0.25, -0.2) is 0 Å². The van der Waals surface area contributed by atoms with Gasteiger partial charge in [0.05, 0.1) is 6.26 Å². The number of carbonyl (C=O) groups is 1. The molecule has 2 rings (SSSR count). The molecule has 0 aromatic carbocycles. The van der Waals surface area contributed by atoms with E-state index in [1.54, 1.807) is 0 Å². The number of hydrogen-bond donors (Lipinski definition) is 0. The minimum absolute atomic E-state index is 0.0471. The van der Waals surface area contributed by atoms with Crippen LogP contribution >= 0.6 is 0 Å². The topological polar surface area (TPSA) is 60.4 Å². The number of hydrogen-bond acceptors (Lipinski definition) is 4. The van der Waals surface area contributed by atoms with Gasteiger partial charge in [0.2, 0.25) is 0 Å². The molecule has 86 valence electrons. The summed E-state index contributed by atoms with van der Waals surface area (Å²) >= 11 is 0. The van der Waals surface area contributed by atoms with E-state index in [9.17, 15) is 13.2 Å². The van der Waals surface area contributed by atoms with E-state index in [1.807, 2.05) is 13.8 Å². The van der Waals surface area contributed by atoms with Crippen molar-refractivity contribution in [2.45, 2.75) is 38.7 Å². The fraction of sp³-hybridized carbons (Fsp3) is 0.900. The first kappa shape index (κ1) is 11.1. The lowest BCUT2D eigenvalue weighted by molar-refractivity contribution is -0.136. The van der Waals surface area contributed by atoms with Crippen molar-refractivity contribution in [3.63, 3.8) is 0 Å². The van der Waals surface area contributed by atoms with E-state index in [0.29, 0.717) is 12.8 Å². The van der Waals surface area contributed by atoms with Gasteiger partial charge in [-0.3, -0.25) is 8.98 Å². The summed E-state index contributed by atoms with van der Waals surface area (Å²) in [5.74, 6) is 0.223. The van der Waals surface area contributed by atoms with Crippen LogP contribution in [0.25, 0.3) is 0 Å². The Balaban J connectivity index is 2.45. The van der Waals surface area contributed by atoms with Crippen molar-refractivity contribution in [2.75, 3.05) is 6.26 Å². The Labute approximate surface area is 90.1 Å². The maximum absolute atomic E-state index is 11.9. The van der Waals surface area contributed by atoms with Crippen LogP contribution in [0.2, 0.25) is 0 Å². The zero-order chi connectivity index (χ0) is 11.5. The summed E-state index contributed by atoms with van der Waals surface area (Å²) in [6.07, 6.45) is 2.89. The lowest BCUT2D eigenvalue weighted by Crippen LogP contribution is -2.47. The smallest absolute Gasteiger partial charge is 0.265 e. The van der Waals surface area contributed by atoms with Crippen LogP contribution < -0.4 is 0 Å². The standard InChI is InChI=1S/C10H16O4S/c1-9(2)7-4-5-10(9,8(11)6-7)14-15(3,12)13/h7H,4-6H2,1-3H3/t7-,10+/m1/s1. The molecule has 15 heavy (non-hydrogen) atoms. The fourth-order valence-electron chi connectivity index (χ4n) is 3.09. The van der Waals surface area contributed by atoms with Gasteiger partial charge in [0.15, 0.2) is 11.4 Å². The zero-order valence-electron chi connectivity index (χ0n) is 9.24. The summed E-state index contributed by atoms with van der Waals surface area (Å²) in [7, 11) is -3.58. The zero-order valence-corrected chi connectivity index (χ0v) is 10.1. The highest BCUT2D eigenvalue weighted by molar-refractivity contribution is 7.86. The molecule has 2 bridgehead atoms. The molecule has 0 spiro atoms. The average Bonchev–Trinajstić information content (AvgIpc) is 2.34. The molecule has 2 aliphatic carbocycles. The van der Waals surface area contributed by atoms with E-state index in [2.05, 4.69) is 0 Å². The van der Waals surface area contributed by atoms with E-state index >= 15 is 0 Å². The lowest BCUT2D eigenvalue weighted by Gasteiger charge is -2.34. The molecule has 2 saturated carbocycles. The molecule has 2 aliphatic rings. The van der Waals surface area contributed by atoms with Gasteiger partial charge in [-0.2, -0.15) is 8.42 Å². The van der Waals surface area contributed by atoms with Crippen LogP contribution in [0.5, 0.6) is 0 Å². The Bertz CT molecular complexity index is 409. The number of rotatable bonds is 2. The molecule has 4 nitrogen and oxygen atoms in total. The highest BCUT2D eigenvalue weighted by atomic mass is 32.2. The number of carbonyl (C=O) groups excluding carboxylic acids is 1. The molecule has 0 amide bonds. The lowest BCUT2D eigenvalue weighted by atomic mass is 9.79. The van der Waals surface area contributed by atoms with Crippen molar-refractivity contribution in [1.29, 1.82) is 0 Å². The van der Waals surface area contributed by atoms with Crippen LogP contribution in [0.3, 0.4) is 0 Å². The fourth-order valence-corrected chi connectivity index (χ4v) is 4.00. The number of ketones is 1. The molecule has 2 atom stereocenters. The van der Waals surface area contributed by atoms with Gasteiger partial charge in [-0.05, 0) is 18.8 Å². The van der Waals surface area contributed by atoms with Gasteiger partial charge in [0.1, 0.15) is 0 Å². The third-order valence-electron chi connectivity index (χ3n) is 4.08. The first-order valence-electron chi connectivity index (χ1n) is 5.13. The van der Waals surface area contributed by atoms with Crippen molar-refractivity contribution in [3.8, 4) is 0 Å². The van der Waals surface area contributed by atoms with E-state index in [4.69, 9.17) is 4.18 Å². The second-order valence-corrected chi connectivity index (χ2v) is 6.77. The molecule has 0 aromatic heterocycles. The second-order valence-electron chi connectivity index (χ2n) is 5.20. The summed E-state index contributed by atoms with van der Waals surface area (Å²) in [6, 6.07) is 0. The molecule has 0 aliphatic heterocycles. The van der Waals surface area contributed by atoms with Crippen molar-refractivity contribution >= 4 is 15.9 Å². The monoisotopic (exact) mass is 232 g/mol. The van der Waals surface area contributed by atoms with Crippen molar-refractivity contribution < 1.29 is 17.4 Å². The maximum Gasteiger partial charge on any atom is 0.265 e. The maximum atomic E-state index is 11.9. The summed E-state index contributed by atoms with van der Waals surface area (Å²) in [5.41, 5.74) is -1.43. The molecule has 0 aromatic rings. The van der Waals surface area contributed by atoms with Gasteiger partial charge in [-0.15, -0.1) is 0 Å². The third kappa shape index (κ3) is 1.36. The summed E-state index contributed by atoms with van der Waals surface area (Å²) in [5, 5.41) is 0. The molecular weight excluding hydrogens is 216 g/mol. The van der Waals surface area contributed by atoms with Crippen LogP contribution in [0.1, 0.15) is 33.1 Å². The van der Waals surface area contributed by atoms with Crippen molar-refractivity contribution in [2.24, 2.45) is 11.3 Å². The molecule has 5 heteroatoms. The first-order valence-corrected chi connectivity index (χ1v) is 6.95. The van der Waals surface area contributed by atoms with Crippen LogP contribution in [0, 0.1) is 11.3 Å². The number of fused-ring (bicyclic) bond motifs is 2. The molecule has 0 radical (unpaired) electrons. The Morgan fingerprint density at radius 2 is 2.00 bits per heavy atom. The Hall–Kier alpha value is -0.420. The van der Waals surface area contributed by atoms with Crippen molar-refractivity contribution in [3.05, 3.63) is 0 Å². The highest BCUT2D eigenvalue weighted by Gasteiger charge is 2.66. The molecule has 0 saturated heterocycles. The van der Waals surface area contributed by atoms with E-state index in [-0.39, 0.29) is 17.1 Å². The molecule has 2 fully saturated rings. The predicted octanol–water partition coefficient (Wildman–Crippen LogP) is 1.11. The Morgan fingerprint density at radius 3 is 2.33 bits per heavy atom. The molecule has 0 N–H and O–H groups in total. The summed E-state index contributed by atoms with van der Waals surface area (Å²) in [4.78, 5) is 11.9. The van der Waals surface area contributed by atoms with Gasteiger partial charge < -0.3 is 0 Å². The minimum atomic E-state index is -3.58. The Kier molecular flexibility index (Phi) is 2.09. The van der Waals surface area contributed by atoms with Crippen LogP contribution in [0.15, 0.2) is 0 Å². The largest absolute Gasteiger partial charge is 0.296 e. The SMILES string of the molecule is CC1(C)[C@@H]2CC[C@]1(OS(C)(=O)=O)C(=O)C2. The van der Waals surface area contributed by atoms with Gasteiger partial charge in [0.25, 0.3) is 10.1 Å². The van der Waals surface area contributed by atoms with E-state index < -0.39 is 15.7 Å². The van der Waals surface area contributed by atoms with Crippen LogP contribution in [-0.4, -0.2) is 26.1 Å². The Morgan fingerprint density at radius 1 is 1.40 bits per heavy atom. The quantitative estimate of drug-likeness (QED) is 0.669. The van der Waals surface area contributed by atoms with Gasteiger partial charge >= 0.3 is 0 Å². The van der Waals surface area contributed by atoms with E-state index in [1.165, 1.54) is 0 Å². The third-order valence-corrected chi connectivity index (χ3v) is 4.67. The average molecular weight is 232 g/mol.